The fourth-order valence-electron chi connectivity index (χ4n) is 1.72. The number of nitrogens with one attached hydrogen (secondary N) is 1. The second-order valence-electron chi connectivity index (χ2n) is 3.80. The summed E-state index contributed by atoms with van der Waals surface area (Å²) in [5.41, 5.74) is 0. The van der Waals surface area contributed by atoms with Gasteiger partial charge in [-0.05, 0) is 19.8 Å². The van der Waals surface area contributed by atoms with Crippen molar-refractivity contribution < 1.29 is 18.0 Å². The van der Waals surface area contributed by atoms with Gasteiger partial charge in [0.2, 0.25) is 5.91 Å². The molecule has 0 radical (unpaired) electrons. The molecule has 0 bridgehead atoms. The lowest BCUT2D eigenvalue weighted by Gasteiger charge is -2.21. The van der Waals surface area contributed by atoms with Gasteiger partial charge in [0.25, 0.3) is 0 Å². The van der Waals surface area contributed by atoms with E-state index in [-0.39, 0.29) is 18.5 Å². The van der Waals surface area contributed by atoms with E-state index in [9.17, 15) is 18.0 Å². The third-order valence-electron chi connectivity index (χ3n) is 2.47. The quantitative estimate of drug-likeness (QED) is 0.780. The average molecular weight is 224 g/mol. The van der Waals surface area contributed by atoms with Crippen LogP contribution >= 0.6 is 0 Å². The average Bonchev–Trinajstić information content (AvgIpc) is 2.48. The highest BCUT2D eigenvalue weighted by molar-refractivity contribution is 5.78. The standard InChI is InChI=1S/C9H15F3N2O/c1-7-3-2-4-14(7)8(15)5-13-6-9(10,11)12/h7,13H,2-6H2,1H3. The summed E-state index contributed by atoms with van der Waals surface area (Å²) in [6.45, 7) is 1.23. The largest absolute Gasteiger partial charge is 0.401 e. The van der Waals surface area contributed by atoms with Crippen molar-refractivity contribution in [3.05, 3.63) is 0 Å². The van der Waals surface area contributed by atoms with Gasteiger partial charge in [0, 0.05) is 12.6 Å². The molecule has 0 aromatic rings. The normalized spacial score (nSPS) is 22.1. The number of halogens is 3. The van der Waals surface area contributed by atoms with E-state index in [1.807, 2.05) is 6.92 Å². The summed E-state index contributed by atoms with van der Waals surface area (Å²) in [6.07, 6.45) is -2.38. The van der Waals surface area contributed by atoms with E-state index in [1.165, 1.54) is 0 Å². The van der Waals surface area contributed by atoms with Crippen molar-refractivity contribution in [3.63, 3.8) is 0 Å². The molecular formula is C9H15F3N2O. The lowest BCUT2D eigenvalue weighted by atomic mass is 10.2. The fraction of sp³-hybridized carbons (Fsp3) is 0.889. The monoisotopic (exact) mass is 224 g/mol. The molecule has 88 valence electrons. The summed E-state index contributed by atoms with van der Waals surface area (Å²) in [6, 6.07) is 0.158. The van der Waals surface area contributed by atoms with E-state index in [0.717, 1.165) is 12.8 Å². The molecule has 0 saturated carbocycles. The summed E-state index contributed by atoms with van der Waals surface area (Å²) in [4.78, 5) is 13.1. The molecule has 1 aliphatic heterocycles. The molecule has 1 aliphatic rings. The molecule has 1 N–H and O–H groups in total. The molecule has 1 amide bonds. The molecule has 0 aliphatic carbocycles. The maximum absolute atomic E-state index is 11.8. The van der Waals surface area contributed by atoms with Crippen LogP contribution in [-0.2, 0) is 4.79 Å². The number of amides is 1. The summed E-state index contributed by atoms with van der Waals surface area (Å²) in [5.74, 6) is -0.246. The molecule has 1 unspecified atom stereocenters. The molecule has 15 heavy (non-hydrogen) atoms. The minimum Gasteiger partial charge on any atom is -0.339 e. The van der Waals surface area contributed by atoms with Gasteiger partial charge in [0.05, 0.1) is 13.1 Å². The van der Waals surface area contributed by atoms with Crippen LogP contribution in [0.5, 0.6) is 0 Å². The van der Waals surface area contributed by atoms with Crippen molar-refractivity contribution >= 4 is 5.91 Å². The summed E-state index contributed by atoms with van der Waals surface area (Å²) in [7, 11) is 0. The number of likely N-dealkylation sites (tertiary alicyclic amines) is 1. The number of carbonyl (C=O) groups is 1. The van der Waals surface area contributed by atoms with E-state index < -0.39 is 12.7 Å². The highest BCUT2D eigenvalue weighted by Crippen LogP contribution is 2.16. The first kappa shape index (κ1) is 12.3. The van der Waals surface area contributed by atoms with Gasteiger partial charge in [-0.2, -0.15) is 13.2 Å². The lowest BCUT2D eigenvalue weighted by molar-refractivity contribution is -0.134. The fourth-order valence-corrected chi connectivity index (χ4v) is 1.72. The number of hydrogen-bond donors (Lipinski definition) is 1. The zero-order chi connectivity index (χ0) is 11.5. The molecule has 1 heterocycles. The van der Waals surface area contributed by atoms with Crippen molar-refractivity contribution in [1.29, 1.82) is 0 Å². The van der Waals surface area contributed by atoms with Crippen molar-refractivity contribution in [3.8, 4) is 0 Å². The van der Waals surface area contributed by atoms with E-state index in [1.54, 1.807) is 4.90 Å². The second-order valence-corrected chi connectivity index (χ2v) is 3.80. The molecule has 1 saturated heterocycles. The smallest absolute Gasteiger partial charge is 0.339 e. The van der Waals surface area contributed by atoms with Crippen LogP contribution in [-0.4, -0.2) is 42.7 Å². The molecule has 1 fully saturated rings. The minimum atomic E-state index is -4.25. The van der Waals surface area contributed by atoms with Crippen LogP contribution in [0.3, 0.4) is 0 Å². The van der Waals surface area contributed by atoms with Gasteiger partial charge < -0.3 is 10.2 Å². The molecule has 6 heteroatoms. The molecule has 1 rings (SSSR count). The van der Waals surface area contributed by atoms with Crippen LogP contribution in [0, 0.1) is 0 Å². The van der Waals surface area contributed by atoms with E-state index >= 15 is 0 Å². The number of alkyl halides is 3. The molecular weight excluding hydrogens is 209 g/mol. The highest BCUT2D eigenvalue weighted by atomic mass is 19.4. The SMILES string of the molecule is CC1CCCN1C(=O)CNCC(F)(F)F. The van der Waals surface area contributed by atoms with Crippen LogP contribution in [0.4, 0.5) is 13.2 Å². The third-order valence-corrected chi connectivity index (χ3v) is 2.47. The molecule has 1 atom stereocenters. The number of carbonyl (C=O) groups excluding carboxylic acids is 1. The Hall–Kier alpha value is -0.780. The van der Waals surface area contributed by atoms with Gasteiger partial charge in [-0.3, -0.25) is 4.79 Å². The van der Waals surface area contributed by atoms with Gasteiger partial charge in [0.15, 0.2) is 0 Å². The summed E-state index contributed by atoms with van der Waals surface area (Å²) >= 11 is 0. The Labute approximate surface area is 86.6 Å². The number of nitrogens with zero attached hydrogens (tertiary/aromatic N) is 1. The molecule has 0 aromatic heterocycles. The van der Waals surface area contributed by atoms with E-state index in [4.69, 9.17) is 0 Å². The Morgan fingerprint density at radius 2 is 2.20 bits per heavy atom. The van der Waals surface area contributed by atoms with Gasteiger partial charge in [0.1, 0.15) is 0 Å². The predicted octanol–water partition coefficient (Wildman–Crippen LogP) is 1.15. The van der Waals surface area contributed by atoms with Gasteiger partial charge in [-0.25, -0.2) is 0 Å². The van der Waals surface area contributed by atoms with Crippen LogP contribution in [0.2, 0.25) is 0 Å². The molecule has 0 spiro atoms. The highest BCUT2D eigenvalue weighted by Gasteiger charge is 2.28. The van der Waals surface area contributed by atoms with Gasteiger partial charge >= 0.3 is 6.18 Å². The van der Waals surface area contributed by atoms with Crippen LogP contribution < -0.4 is 5.32 Å². The van der Waals surface area contributed by atoms with Crippen LogP contribution in [0.15, 0.2) is 0 Å². The van der Waals surface area contributed by atoms with Crippen LogP contribution in [0.1, 0.15) is 19.8 Å². The second kappa shape index (κ2) is 4.83. The first-order valence-corrected chi connectivity index (χ1v) is 4.97. The van der Waals surface area contributed by atoms with Gasteiger partial charge in [-0.15, -0.1) is 0 Å². The summed E-state index contributed by atoms with van der Waals surface area (Å²) < 4.78 is 35.3. The molecule has 3 nitrogen and oxygen atoms in total. The maximum Gasteiger partial charge on any atom is 0.401 e. The van der Waals surface area contributed by atoms with Crippen molar-refractivity contribution in [2.45, 2.75) is 32.0 Å². The Kier molecular flexibility index (Phi) is 3.96. The van der Waals surface area contributed by atoms with E-state index in [0.29, 0.717) is 6.54 Å². The molecule has 0 aromatic carbocycles. The Morgan fingerprint density at radius 3 is 2.67 bits per heavy atom. The topological polar surface area (TPSA) is 32.3 Å². The third kappa shape index (κ3) is 4.07. The lowest BCUT2D eigenvalue weighted by Crippen LogP contribution is -2.42. The van der Waals surface area contributed by atoms with Crippen molar-refractivity contribution in [2.75, 3.05) is 19.6 Å². The number of rotatable bonds is 3. The Bertz CT molecular complexity index is 230. The first-order valence-electron chi connectivity index (χ1n) is 4.97. The zero-order valence-electron chi connectivity index (χ0n) is 8.60. The minimum absolute atomic E-state index is 0.158. The summed E-state index contributed by atoms with van der Waals surface area (Å²) in [5, 5.41) is 2.11. The van der Waals surface area contributed by atoms with Crippen LogP contribution in [0.25, 0.3) is 0 Å². The zero-order valence-corrected chi connectivity index (χ0v) is 8.60. The Morgan fingerprint density at radius 1 is 1.53 bits per heavy atom. The predicted molar refractivity (Wildman–Crippen MR) is 49.3 cm³/mol. The van der Waals surface area contributed by atoms with Crippen molar-refractivity contribution in [1.82, 2.24) is 10.2 Å². The van der Waals surface area contributed by atoms with Crippen molar-refractivity contribution in [2.24, 2.45) is 0 Å². The van der Waals surface area contributed by atoms with Gasteiger partial charge in [-0.1, -0.05) is 0 Å². The number of hydrogen-bond acceptors (Lipinski definition) is 2. The van der Waals surface area contributed by atoms with E-state index in [2.05, 4.69) is 5.32 Å². The Balaban J connectivity index is 2.24. The maximum atomic E-state index is 11.8. The first-order chi connectivity index (χ1) is 6.90.